The van der Waals surface area contributed by atoms with Gasteiger partial charge in [0.1, 0.15) is 0 Å². The molecule has 118 valence electrons. The summed E-state index contributed by atoms with van der Waals surface area (Å²) in [6.45, 7) is 6.67. The summed E-state index contributed by atoms with van der Waals surface area (Å²) in [5.41, 5.74) is 5.76. The van der Waals surface area contributed by atoms with Gasteiger partial charge < -0.3 is 10.5 Å². The van der Waals surface area contributed by atoms with Gasteiger partial charge in [-0.05, 0) is 19.3 Å². The second-order valence-corrected chi connectivity index (χ2v) is 7.80. The molecule has 0 aromatic heterocycles. The summed E-state index contributed by atoms with van der Waals surface area (Å²) < 4.78 is 32.1. The SMILES string of the molecule is CCC(CN)N1CCN(S(=O)(=O)C2CCOCC2)CC1. The smallest absolute Gasteiger partial charge is 0.217 e. The van der Waals surface area contributed by atoms with E-state index in [2.05, 4.69) is 11.8 Å². The Morgan fingerprint density at radius 3 is 2.30 bits per heavy atom. The summed E-state index contributed by atoms with van der Waals surface area (Å²) in [6, 6.07) is 0.378. The van der Waals surface area contributed by atoms with Crippen molar-refractivity contribution in [1.29, 1.82) is 0 Å². The van der Waals surface area contributed by atoms with Gasteiger partial charge >= 0.3 is 0 Å². The van der Waals surface area contributed by atoms with Crippen molar-refractivity contribution in [2.45, 2.75) is 37.5 Å². The van der Waals surface area contributed by atoms with Crippen LogP contribution >= 0.6 is 0 Å². The van der Waals surface area contributed by atoms with Gasteiger partial charge in [0.05, 0.1) is 5.25 Å². The summed E-state index contributed by atoms with van der Waals surface area (Å²) in [4.78, 5) is 2.32. The first-order valence-electron chi connectivity index (χ1n) is 7.60. The lowest BCUT2D eigenvalue weighted by atomic mass is 10.1. The van der Waals surface area contributed by atoms with Gasteiger partial charge in [-0.3, -0.25) is 4.90 Å². The highest BCUT2D eigenvalue weighted by Crippen LogP contribution is 2.21. The van der Waals surface area contributed by atoms with E-state index < -0.39 is 10.0 Å². The standard InChI is InChI=1S/C13H27N3O3S/c1-2-12(11-14)15-5-7-16(8-6-15)20(17,18)13-3-9-19-10-4-13/h12-13H,2-11,14H2,1H3. The molecule has 2 aliphatic heterocycles. The van der Waals surface area contributed by atoms with Crippen molar-refractivity contribution >= 4 is 10.0 Å². The zero-order valence-electron chi connectivity index (χ0n) is 12.3. The Morgan fingerprint density at radius 2 is 1.80 bits per heavy atom. The predicted octanol–water partition coefficient (Wildman–Crippen LogP) is -0.150. The lowest BCUT2D eigenvalue weighted by Gasteiger charge is -2.39. The van der Waals surface area contributed by atoms with Crippen molar-refractivity contribution in [3.63, 3.8) is 0 Å². The van der Waals surface area contributed by atoms with Gasteiger partial charge in [0.15, 0.2) is 0 Å². The number of nitrogens with two attached hydrogens (primary N) is 1. The molecule has 20 heavy (non-hydrogen) atoms. The highest BCUT2D eigenvalue weighted by atomic mass is 32.2. The van der Waals surface area contributed by atoms with Crippen LogP contribution in [0.5, 0.6) is 0 Å². The van der Waals surface area contributed by atoms with E-state index in [4.69, 9.17) is 10.5 Å². The molecule has 2 N–H and O–H groups in total. The van der Waals surface area contributed by atoms with Crippen LogP contribution in [0.1, 0.15) is 26.2 Å². The summed E-state index contributed by atoms with van der Waals surface area (Å²) in [7, 11) is -3.15. The number of sulfonamides is 1. The molecule has 2 fully saturated rings. The van der Waals surface area contributed by atoms with Gasteiger partial charge in [0.25, 0.3) is 0 Å². The van der Waals surface area contributed by atoms with E-state index in [1.165, 1.54) is 0 Å². The third-order valence-corrected chi connectivity index (χ3v) is 6.88. The second kappa shape index (κ2) is 7.17. The van der Waals surface area contributed by atoms with Crippen LogP contribution in [0.25, 0.3) is 0 Å². The molecule has 0 radical (unpaired) electrons. The molecule has 0 aromatic carbocycles. The van der Waals surface area contributed by atoms with Crippen molar-refractivity contribution in [2.75, 3.05) is 45.9 Å². The van der Waals surface area contributed by atoms with Crippen molar-refractivity contribution in [1.82, 2.24) is 9.21 Å². The number of hydrogen-bond acceptors (Lipinski definition) is 5. The van der Waals surface area contributed by atoms with E-state index >= 15 is 0 Å². The minimum atomic E-state index is -3.15. The Hall–Kier alpha value is -0.210. The first-order chi connectivity index (χ1) is 9.59. The molecule has 0 amide bonds. The van der Waals surface area contributed by atoms with Crippen molar-refractivity contribution in [3.05, 3.63) is 0 Å². The summed E-state index contributed by atoms with van der Waals surface area (Å²) in [6.07, 6.45) is 2.27. The average Bonchev–Trinajstić information content (AvgIpc) is 2.50. The number of piperazine rings is 1. The number of nitrogens with zero attached hydrogens (tertiary/aromatic N) is 2. The largest absolute Gasteiger partial charge is 0.381 e. The highest BCUT2D eigenvalue weighted by Gasteiger charge is 2.35. The average molecular weight is 305 g/mol. The van der Waals surface area contributed by atoms with Crippen molar-refractivity contribution in [3.8, 4) is 0 Å². The normalized spacial score (nSPS) is 25.7. The minimum Gasteiger partial charge on any atom is -0.381 e. The predicted molar refractivity (Wildman–Crippen MR) is 79.0 cm³/mol. The van der Waals surface area contributed by atoms with Gasteiger partial charge in [0.2, 0.25) is 10.0 Å². The molecule has 0 saturated carbocycles. The fraction of sp³-hybridized carbons (Fsp3) is 1.00. The third kappa shape index (κ3) is 3.51. The maximum absolute atomic E-state index is 12.6. The van der Waals surface area contributed by atoms with E-state index in [1.54, 1.807) is 4.31 Å². The maximum atomic E-state index is 12.6. The fourth-order valence-corrected chi connectivity index (χ4v) is 4.96. The van der Waals surface area contributed by atoms with E-state index in [9.17, 15) is 8.42 Å². The molecule has 0 bridgehead atoms. The zero-order chi connectivity index (χ0) is 14.6. The van der Waals surface area contributed by atoms with Gasteiger partial charge in [0, 0.05) is 52.0 Å². The molecule has 0 spiro atoms. The maximum Gasteiger partial charge on any atom is 0.217 e. The first kappa shape index (κ1) is 16.2. The molecule has 0 aliphatic carbocycles. The van der Waals surface area contributed by atoms with Crippen LogP contribution in [0.4, 0.5) is 0 Å². The monoisotopic (exact) mass is 305 g/mol. The van der Waals surface area contributed by atoms with Crippen molar-refractivity contribution in [2.24, 2.45) is 5.73 Å². The van der Waals surface area contributed by atoms with Crippen LogP contribution in [-0.4, -0.2) is 74.9 Å². The molecular formula is C13H27N3O3S. The number of hydrogen-bond donors (Lipinski definition) is 1. The van der Waals surface area contributed by atoms with Crippen LogP contribution in [0.15, 0.2) is 0 Å². The summed E-state index contributed by atoms with van der Waals surface area (Å²) in [5.74, 6) is 0. The van der Waals surface area contributed by atoms with Crippen LogP contribution in [-0.2, 0) is 14.8 Å². The lowest BCUT2D eigenvalue weighted by molar-refractivity contribution is 0.0951. The van der Waals surface area contributed by atoms with E-state index in [1.807, 2.05) is 0 Å². The van der Waals surface area contributed by atoms with Gasteiger partial charge in [-0.2, -0.15) is 4.31 Å². The molecule has 1 unspecified atom stereocenters. The van der Waals surface area contributed by atoms with Crippen LogP contribution in [0, 0.1) is 0 Å². The van der Waals surface area contributed by atoms with Crippen LogP contribution in [0.2, 0.25) is 0 Å². The topological polar surface area (TPSA) is 75.9 Å². The van der Waals surface area contributed by atoms with Crippen molar-refractivity contribution < 1.29 is 13.2 Å². The molecule has 6 nitrogen and oxygen atoms in total. The Morgan fingerprint density at radius 1 is 1.20 bits per heavy atom. The van der Waals surface area contributed by atoms with E-state index in [-0.39, 0.29) is 5.25 Å². The molecule has 0 aromatic rings. The Bertz CT molecular complexity index is 384. The van der Waals surface area contributed by atoms with Crippen LogP contribution < -0.4 is 5.73 Å². The lowest BCUT2D eigenvalue weighted by Crippen LogP contribution is -2.55. The Labute approximate surface area is 122 Å². The number of ether oxygens (including phenoxy) is 1. The molecule has 2 rings (SSSR count). The third-order valence-electron chi connectivity index (χ3n) is 4.48. The first-order valence-corrected chi connectivity index (χ1v) is 9.10. The van der Waals surface area contributed by atoms with E-state index in [0.717, 1.165) is 19.5 Å². The number of rotatable bonds is 5. The fourth-order valence-electron chi connectivity index (χ4n) is 3.08. The van der Waals surface area contributed by atoms with E-state index in [0.29, 0.717) is 51.7 Å². The summed E-state index contributed by atoms with van der Waals surface area (Å²) >= 11 is 0. The van der Waals surface area contributed by atoms with Crippen LogP contribution in [0.3, 0.4) is 0 Å². The Kier molecular flexibility index (Phi) is 5.80. The second-order valence-electron chi connectivity index (χ2n) is 5.59. The Balaban J connectivity index is 1.92. The van der Waals surface area contributed by atoms with Gasteiger partial charge in [-0.1, -0.05) is 6.92 Å². The molecular weight excluding hydrogens is 278 g/mol. The summed E-state index contributed by atoms with van der Waals surface area (Å²) in [5, 5.41) is -0.251. The zero-order valence-corrected chi connectivity index (χ0v) is 13.1. The molecule has 2 aliphatic rings. The molecule has 2 saturated heterocycles. The van der Waals surface area contributed by atoms with Gasteiger partial charge in [-0.25, -0.2) is 8.42 Å². The van der Waals surface area contributed by atoms with Gasteiger partial charge in [-0.15, -0.1) is 0 Å². The molecule has 1 atom stereocenters. The molecule has 7 heteroatoms. The quantitative estimate of drug-likeness (QED) is 0.764. The highest BCUT2D eigenvalue weighted by molar-refractivity contribution is 7.89. The minimum absolute atomic E-state index is 0.251. The molecule has 2 heterocycles.